The van der Waals surface area contributed by atoms with Crippen LogP contribution in [0.25, 0.3) is 0 Å². The van der Waals surface area contributed by atoms with Crippen molar-refractivity contribution in [2.24, 2.45) is 5.10 Å². The number of nitrogens with zero attached hydrogens (tertiary/aromatic N) is 1. The van der Waals surface area contributed by atoms with Crippen LogP contribution >= 0.6 is 0 Å². The quantitative estimate of drug-likeness (QED) is 0.307. The molecule has 8 heteroatoms. The van der Waals surface area contributed by atoms with E-state index in [0.29, 0.717) is 17.9 Å². The Bertz CT molecular complexity index is 906. The van der Waals surface area contributed by atoms with Gasteiger partial charge in [-0.15, -0.1) is 0 Å². The Morgan fingerprint density at radius 1 is 1.06 bits per heavy atom. The number of para-hydroxylation sites is 1. The molecule has 3 rings (SSSR count). The molecule has 1 aliphatic rings. The summed E-state index contributed by atoms with van der Waals surface area (Å²) >= 11 is 0. The number of hydrogen-bond donors (Lipinski definition) is 3. The molecule has 0 atom stereocenters. The standard InChI is InChI=1S/C23H28N4O4/c1-18-6-8-19(9-7-18)15-26-10-12-27(13-11-26)16-22(28)25-24-14-20-4-2-3-5-21(20)31-17-23(29)30/h2-9,14H,10-13,15-17H2,1H3,(H,25,28)(H,29,30)/p+1/b24-14-. The van der Waals surface area contributed by atoms with Crippen molar-refractivity contribution in [3.63, 3.8) is 0 Å². The number of nitrogens with one attached hydrogen (secondary N) is 3. The van der Waals surface area contributed by atoms with E-state index in [2.05, 4.69) is 41.7 Å². The third-order valence-corrected chi connectivity index (χ3v) is 5.31. The molecule has 0 spiro atoms. The van der Waals surface area contributed by atoms with E-state index in [0.717, 1.165) is 32.7 Å². The summed E-state index contributed by atoms with van der Waals surface area (Å²) in [6.07, 6.45) is 1.45. The van der Waals surface area contributed by atoms with Gasteiger partial charge < -0.3 is 24.4 Å². The minimum atomic E-state index is -1.30. The normalized spacial score (nSPS) is 18.6. The van der Waals surface area contributed by atoms with Gasteiger partial charge >= 0.3 is 0 Å². The Balaban J connectivity index is 1.41. The summed E-state index contributed by atoms with van der Waals surface area (Å²) in [6.45, 7) is 6.89. The molecule has 1 fully saturated rings. The first-order valence-corrected chi connectivity index (χ1v) is 10.5. The van der Waals surface area contributed by atoms with Crippen molar-refractivity contribution >= 4 is 18.1 Å². The summed E-state index contributed by atoms with van der Waals surface area (Å²) in [5.74, 6) is -1.09. The zero-order chi connectivity index (χ0) is 22.1. The minimum Gasteiger partial charge on any atom is -0.546 e. The molecule has 31 heavy (non-hydrogen) atoms. The van der Waals surface area contributed by atoms with Crippen molar-refractivity contribution in [2.75, 3.05) is 39.3 Å². The molecule has 164 valence electrons. The highest BCUT2D eigenvalue weighted by molar-refractivity contribution is 5.85. The number of amides is 1. The van der Waals surface area contributed by atoms with Gasteiger partial charge in [0.1, 0.15) is 45.1 Å². The highest BCUT2D eigenvalue weighted by Crippen LogP contribution is 2.15. The molecular formula is C23H29N4O4+. The van der Waals surface area contributed by atoms with E-state index in [1.54, 1.807) is 29.2 Å². The minimum absolute atomic E-state index is 0.152. The van der Waals surface area contributed by atoms with Crippen LogP contribution in [0.5, 0.6) is 5.75 Å². The number of piperazine rings is 1. The van der Waals surface area contributed by atoms with Crippen LogP contribution in [0.4, 0.5) is 0 Å². The maximum absolute atomic E-state index is 12.2. The van der Waals surface area contributed by atoms with Crippen LogP contribution in [-0.4, -0.2) is 57.4 Å². The monoisotopic (exact) mass is 425 g/mol. The van der Waals surface area contributed by atoms with Crippen molar-refractivity contribution in [3.05, 3.63) is 65.2 Å². The van der Waals surface area contributed by atoms with Crippen molar-refractivity contribution in [1.82, 2.24) is 5.43 Å². The van der Waals surface area contributed by atoms with Crippen LogP contribution in [0.1, 0.15) is 16.7 Å². The summed E-state index contributed by atoms with van der Waals surface area (Å²) in [7, 11) is 0. The lowest BCUT2D eigenvalue weighted by Crippen LogP contribution is -3.28. The predicted octanol–water partition coefficient (Wildman–Crippen LogP) is -2.44. The fraction of sp³-hybridized carbons (Fsp3) is 0.348. The molecule has 0 aliphatic carbocycles. The van der Waals surface area contributed by atoms with Crippen LogP contribution < -0.4 is 25.1 Å². The molecule has 0 saturated carbocycles. The average molecular weight is 426 g/mol. The number of carbonyl (C=O) groups excluding carboxylic acids is 2. The van der Waals surface area contributed by atoms with Crippen LogP contribution in [0.2, 0.25) is 0 Å². The maximum atomic E-state index is 12.2. The Morgan fingerprint density at radius 3 is 2.45 bits per heavy atom. The average Bonchev–Trinajstić information content (AvgIpc) is 2.76. The van der Waals surface area contributed by atoms with Gasteiger partial charge in [-0.25, -0.2) is 5.43 Å². The molecule has 3 N–H and O–H groups in total. The first kappa shape index (κ1) is 22.5. The largest absolute Gasteiger partial charge is 0.546 e. The van der Waals surface area contributed by atoms with Crippen molar-refractivity contribution in [1.29, 1.82) is 0 Å². The lowest BCUT2D eigenvalue weighted by molar-refractivity contribution is -1.02. The van der Waals surface area contributed by atoms with Gasteiger partial charge in [-0.2, -0.15) is 5.10 Å². The van der Waals surface area contributed by atoms with Crippen LogP contribution in [0.3, 0.4) is 0 Å². The predicted molar refractivity (Wildman–Crippen MR) is 114 cm³/mol. The molecule has 2 aromatic rings. The summed E-state index contributed by atoms with van der Waals surface area (Å²) in [5.41, 5.74) is 5.74. The number of aliphatic carboxylic acids is 1. The Labute approximate surface area is 182 Å². The van der Waals surface area contributed by atoms with E-state index in [9.17, 15) is 14.7 Å². The molecule has 2 aromatic carbocycles. The van der Waals surface area contributed by atoms with Gasteiger partial charge in [0.15, 0.2) is 6.54 Å². The number of carbonyl (C=O) groups is 2. The lowest BCUT2D eigenvalue weighted by Gasteiger charge is -2.29. The second-order valence-electron chi connectivity index (χ2n) is 7.83. The van der Waals surface area contributed by atoms with Crippen molar-refractivity contribution < 1.29 is 29.2 Å². The number of quaternary nitrogens is 2. The van der Waals surface area contributed by atoms with Gasteiger partial charge in [-0.3, -0.25) is 4.79 Å². The van der Waals surface area contributed by atoms with Crippen molar-refractivity contribution in [3.8, 4) is 5.75 Å². The topological polar surface area (TPSA) is 99.7 Å². The number of hydrogen-bond acceptors (Lipinski definition) is 5. The Kier molecular flexibility index (Phi) is 8.14. The fourth-order valence-electron chi connectivity index (χ4n) is 3.60. The maximum Gasteiger partial charge on any atom is 0.295 e. The molecule has 1 heterocycles. The lowest BCUT2D eigenvalue weighted by atomic mass is 10.1. The molecule has 8 nitrogen and oxygen atoms in total. The highest BCUT2D eigenvalue weighted by atomic mass is 16.5. The SMILES string of the molecule is Cc1ccc(C[NH+]2CC[NH+](CC(=O)N/N=C\c3ccccc3OCC(=O)[O-])CC2)cc1. The molecular weight excluding hydrogens is 396 g/mol. The van der Waals surface area contributed by atoms with Crippen LogP contribution in [0.15, 0.2) is 53.6 Å². The number of carboxylic acids is 1. The summed E-state index contributed by atoms with van der Waals surface area (Å²) in [5, 5.41) is 14.6. The van der Waals surface area contributed by atoms with Crippen molar-refractivity contribution in [2.45, 2.75) is 13.5 Å². The number of ether oxygens (including phenoxy) is 1. The van der Waals surface area contributed by atoms with Gasteiger partial charge in [-0.05, 0) is 19.1 Å². The number of rotatable bonds is 9. The number of aryl methyl sites for hydroxylation is 1. The summed E-state index contributed by atoms with van der Waals surface area (Å²) in [4.78, 5) is 25.6. The van der Waals surface area contributed by atoms with Gasteiger partial charge in [0.2, 0.25) is 0 Å². The summed E-state index contributed by atoms with van der Waals surface area (Å²) < 4.78 is 5.16. The smallest absolute Gasteiger partial charge is 0.295 e. The second-order valence-corrected chi connectivity index (χ2v) is 7.83. The number of hydrazone groups is 1. The van der Waals surface area contributed by atoms with Crippen LogP contribution in [0, 0.1) is 6.92 Å². The highest BCUT2D eigenvalue weighted by Gasteiger charge is 2.24. The van der Waals surface area contributed by atoms with E-state index in [4.69, 9.17) is 4.74 Å². The molecule has 0 aromatic heterocycles. The molecule has 1 amide bonds. The van der Waals surface area contributed by atoms with E-state index in [-0.39, 0.29) is 5.91 Å². The molecule has 0 bridgehead atoms. The molecule has 1 saturated heterocycles. The third-order valence-electron chi connectivity index (χ3n) is 5.31. The van der Waals surface area contributed by atoms with Gasteiger partial charge in [0.05, 0.1) is 12.2 Å². The first-order valence-electron chi connectivity index (χ1n) is 10.5. The Hall–Kier alpha value is -3.23. The first-order chi connectivity index (χ1) is 15.0. The number of benzene rings is 2. The molecule has 0 unspecified atom stereocenters. The van der Waals surface area contributed by atoms with E-state index in [1.807, 2.05) is 0 Å². The molecule has 0 radical (unpaired) electrons. The van der Waals surface area contributed by atoms with Crippen LogP contribution in [-0.2, 0) is 16.1 Å². The molecule has 1 aliphatic heterocycles. The Morgan fingerprint density at radius 2 is 1.74 bits per heavy atom. The van der Waals surface area contributed by atoms with Gasteiger partial charge in [0, 0.05) is 11.1 Å². The zero-order valence-corrected chi connectivity index (χ0v) is 17.7. The van der Waals surface area contributed by atoms with E-state index >= 15 is 0 Å². The zero-order valence-electron chi connectivity index (χ0n) is 17.7. The fourth-order valence-corrected chi connectivity index (χ4v) is 3.60. The van der Waals surface area contributed by atoms with Gasteiger partial charge in [0.25, 0.3) is 5.91 Å². The van der Waals surface area contributed by atoms with E-state index in [1.165, 1.54) is 22.2 Å². The summed E-state index contributed by atoms with van der Waals surface area (Å²) in [6, 6.07) is 15.5. The third kappa shape index (κ3) is 7.51. The number of carboxylic acid groups (broad SMARTS) is 1. The van der Waals surface area contributed by atoms with E-state index < -0.39 is 12.6 Å². The second kappa shape index (κ2) is 11.2. The van der Waals surface area contributed by atoms with Gasteiger partial charge in [-0.1, -0.05) is 42.0 Å².